The second kappa shape index (κ2) is 7.30. The number of aromatic carboxylic acids is 1. The summed E-state index contributed by atoms with van der Waals surface area (Å²) in [5.74, 6) is -3.59. The third-order valence-electron chi connectivity index (χ3n) is 6.44. The van der Waals surface area contributed by atoms with Gasteiger partial charge in [-0.3, -0.25) is 4.79 Å². The SMILES string of the molecule is Nc1c(F)c(N2CC(N)C(c3ccccc3)C2)c(F)c2c1c(=O)c(C(=O)O)cn2C1CC1. The lowest BCUT2D eigenvalue weighted by Crippen LogP contribution is -2.30. The summed E-state index contributed by atoms with van der Waals surface area (Å²) >= 11 is 0. The summed E-state index contributed by atoms with van der Waals surface area (Å²) in [5.41, 5.74) is 10.7. The van der Waals surface area contributed by atoms with Gasteiger partial charge in [0.15, 0.2) is 11.6 Å². The summed E-state index contributed by atoms with van der Waals surface area (Å²) < 4.78 is 32.7. The van der Waals surface area contributed by atoms with Crippen molar-refractivity contribution in [1.29, 1.82) is 0 Å². The third-order valence-corrected chi connectivity index (χ3v) is 6.44. The molecule has 0 amide bonds. The van der Waals surface area contributed by atoms with Crippen molar-refractivity contribution in [3.8, 4) is 0 Å². The lowest BCUT2D eigenvalue weighted by atomic mass is 9.95. The number of carboxylic acid groups (broad SMARTS) is 1. The van der Waals surface area contributed by atoms with Gasteiger partial charge < -0.3 is 26.0 Å². The van der Waals surface area contributed by atoms with Gasteiger partial charge in [0.2, 0.25) is 5.43 Å². The highest BCUT2D eigenvalue weighted by Crippen LogP contribution is 2.43. The van der Waals surface area contributed by atoms with Gasteiger partial charge in [-0.05, 0) is 18.4 Å². The van der Waals surface area contributed by atoms with Crippen molar-refractivity contribution in [3.05, 3.63) is 69.5 Å². The smallest absolute Gasteiger partial charge is 0.341 e. The number of nitrogens with zero attached hydrogens (tertiary/aromatic N) is 2. The first-order valence-electron chi connectivity index (χ1n) is 10.4. The Morgan fingerprint density at radius 3 is 2.41 bits per heavy atom. The molecule has 7 nitrogen and oxygen atoms in total. The molecule has 1 aliphatic heterocycles. The van der Waals surface area contributed by atoms with Crippen LogP contribution in [0.1, 0.15) is 40.7 Å². The highest BCUT2D eigenvalue weighted by molar-refractivity contribution is 5.99. The molecule has 2 heterocycles. The molecule has 0 spiro atoms. The zero-order valence-corrected chi connectivity index (χ0v) is 17.1. The van der Waals surface area contributed by atoms with Gasteiger partial charge in [0.1, 0.15) is 11.3 Å². The number of carbonyl (C=O) groups is 1. The molecule has 5 rings (SSSR count). The van der Waals surface area contributed by atoms with E-state index >= 15 is 8.78 Å². The maximum Gasteiger partial charge on any atom is 0.341 e. The molecule has 2 unspecified atom stereocenters. The first-order chi connectivity index (χ1) is 15.3. The Morgan fingerprint density at radius 2 is 1.78 bits per heavy atom. The van der Waals surface area contributed by atoms with E-state index < -0.39 is 39.7 Å². The zero-order valence-electron chi connectivity index (χ0n) is 17.1. The largest absolute Gasteiger partial charge is 0.477 e. The molecule has 3 aromatic rings. The van der Waals surface area contributed by atoms with Crippen LogP contribution in [0.2, 0.25) is 0 Å². The summed E-state index contributed by atoms with van der Waals surface area (Å²) in [6.07, 6.45) is 2.54. The van der Waals surface area contributed by atoms with E-state index in [-0.39, 0.29) is 42.3 Å². The van der Waals surface area contributed by atoms with Crippen LogP contribution in [-0.4, -0.2) is 34.8 Å². The molecule has 1 saturated carbocycles. The first-order valence-corrected chi connectivity index (χ1v) is 10.4. The quantitative estimate of drug-likeness (QED) is 0.538. The Bertz CT molecular complexity index is 1300. The minimum Gasteiger partial charge on any atom is -0.477 e. The third kappa shape index (κ3) is 3.03. The monoisotopic (exact) mass is 440 g/mol. The molecule has 2 aromatic carbocycles. The summed E-state index contributed by atoms with van der Waals surface area (Å²) in [5, 5.41) is 8.98. The van der Waals surface area contributed by atoms with Gasteiger partial charge in [-0.15, -0.1) is 0 Å². The Hall–Kier alpha value is -3.46. The molecule has 1 aliphatic carbocycles. The summed E-state index contributed by atoms with van der Waals surface area (Å²) in [4.78, 5) is 25.9. The first kappa shape index (κ1) is 20.4. The average Bonchev–Trinajstić information content (AvgIpc) is 3.54. The number of hydrogen-bond acceptors (Lipinski definition) is 5. The van der Waals surface area contributed by atoms with E-state index in [1.54, 1.807) is 0 Å². The van der Waals surface area contributed by atoms with Crippen molar-refractivity contribution >= 4 is 28.2 Å². The molecule has 2 aliphatic rings. The summed E-state index contributed by atoms with van der Waals surface area (Å²) in [6, 6.07) is 8.98. The maximum absolute atomic E-state index is 15.9. The number of anilines is 2. The number of benzene rings is 2. The van der Waals surface area contributed by atoms with Crippen LogP contribution < -0.4 is 21.8 Å². The van der Waals surface area contributed by atoms with Crippen molar-refractivity contribution < 1.29 is 18.7 Å². The number of rotatable bonds is 4. The number of halogens is 2. The van der Waals surface area contributed by atoms with Crippen molar-refractivity contribution in [1.82, 2.24) is 4.57 Å². The molecule has 32 heavy (non-hydrogen) atoms. The van der Waals surface area contributed by atoms with Crippen LogP contribution in [0, 0.1) is 11.6 Å². The predicted molar refractivity (Wildman–Crippen MR) is 117 cm³/mol. The minimum absolute atomic E-state index is 0.132. The van der Waals surface area contributed by atoms with Crippen molar-refractivity contribution in [2.45, 2.75) is 30.8 Å². The summed E-state index contributed by atoms with van der Waals surface area (Å²) in [7, 11) is 0. The zero-order chi connectivity index (χ0) is 22.7. The van der Waals surface area contributed by atoms with Gasteiger partial charge in [0.05, 0.1) is 16.6 Å². The number of fused-ring (bicyclic) bond motifs is 1. The van der Waals surface area contributed by atoms with E-state index in [1.165, 1.54) is 9.47 Å². The second-order valence-corrected chi connectivity index (χ2v) is 8.52. The van der Waals surface area contributed by atoms with Crippen LogP contribution in [0.15, 0.2) is 41.3 Å². The fourth-order valence-corrected chi connectivity index (χ4v) is 4.69. The fraction of sp³-hybridized carbons (Fsp3) is 0.304. The van der Waals surface area contributed by atoms with Gasteiger partial charge in [0.25, 0.3) is 0 Å². The van der Waals surface area contributed by atoms with Crippen LogP contribution in [0.4, 0.5) is 20.2 Å². The Morgan fingerprint density at radius 1 is 1.09 bits per heavy atom. The number of nitrogens with two attached hydrogens (primary N) is 2. The Labute approximate surface area is 181 Å². The molecule has 166 valence electrons. The van der Waals surface area contributed by atoms with Crippen molar-refractivity contribution in [2.75, 3.05) is 23.7 Å². The number of nitrogen functional groups attached to an aromatic ring is 1. The highest BCUT2D eigenvalue weighted by atomic mass is 19.1. The Kier molecular flexibility index (Phi) is 4.67. The maximum atomic E-state index is 15.9. The molecule has 5 N–H and O–H groups in total. The fourth-order valence-electron chi connectivity index (χ4n) is 4.69. The normalized spacial score (nSPS) is 20.8. The van der Waals surface area contributed by atoms with E-state index in [1.807, 2.05) is 30.3 Å². The van der Waals surface area contributed by atoms with E-state index in [0.29, 0.717) is 12.8 Å². The van der Waals surface area contributed by atoms with E-state index in [2.05, 4.69) is 0 Å². The van der Waals surface area contributed by atoms with Crippen LogP contribution in [-0.2, 0) is 0 Å². The lowest BCUT2D eigenvalue weighted by molar-refractivity contribution is 0.0695. The minimum atomic E-state index is -1.47. The summed E-state index contributed by atoms with van der Waals surface area (Å²) in [6.45, 7) is 0.490. The second-order valence-electron chi connectivity index (χ2n) is 8.52. The molecular formula is C23H22F2N4O3. The molecule has 2 atom stereocenters. The van der Waals surface area contributed by atoms with Crippen LogP contribution in [0.3, 0.4) is 0 Å². The molecule has 1 saturated heterocycles. The van der Waals surface area contributed by atoms with E-state index in [9.17, 15) is 14.7 Å². The van der Waals surface area contributed by atoms with Crippen LogP contribution in [0.25, 0.3) is 10.9 Å². The van der Waals surface area contributed by atoms with E-state index in [0.717, 1.165) is 11.8 Å². The Balaban J connectivity index is 1.70. The van der Waals surface area contributed by atoms with Gasteiger partial charge in [-0.2, -0.15) is 0 Å². The molecule has 2 fully saturated rings. The number of hydrogen-bond donors (Lipinski definition) is 3. The predicted octanol–water partition coefficient (Wildman–Crippen LogP) is 2.83. The molecule has 0 radical (unpaired) electrons. The number of aromatic nitrogens is 1. The average molecular weight is 440 g/mol. The number of pyridine rings is 1. The molecule has 9 heteroatoms. The highest BCUT2D eigenvalue weighted by Gasteiger charge is 2.37. The van der Waals surface area contributed by atoms with Crippen LogP contribution in [0.5, 0.6) is 0 Å². The van der Waals surface area contributed by atoms with E-state index in [4.69, 9.17) is 11.5 Å². The molecule has 0 bridgehead atoms. The van der Waals surface area contributed by atoms with Gasteiger partial charge in [-0.25, -0.2) is 13.6 Å². The van der Waals surface area contributed by atoms with Crippen LogP contribution >= 0.6 is 0 Å². The standard InChI is InChI=1S/C23H22F2N4O3/c24-17-19(27)16-20(29(12-6-7-12)9-14(22(16)30)23(31)32)18(25)21(17)28-8-13(15(26)10-28)11-4-2-1-3-5-11/h1-5,9,12-13,15H,6-8,10,26-27H2,(H,31,32). The van der Waals surface area contributed by atoms with Gasteiger partial charge in [0, 0.05) is 37.3 Å². The van der Waals surface area contributed by atoms with Crippen molar-refractivity contribution in [3.63, 3.8) is 0 Å². The lowest BCUT2D eigenvalue weighted by Gasteiger charge is -2.23. The van der Waals surface area contributed by atoms with Gasteiger partial charge in [-0.1, -0.05) is 30.3 Å². The van der Waals surface area contributed by atoms with Gasteiger partial charge >= 0.3 is 5.97 Å². The number of carboxylic acids is 1. The molecular weight excluding hydrogens is 418 g/mol. The topological polar surface area (TPSA) is 115 Å². The molecule has 1 aromatic heterocycles. The van der Waals surface area contributed by atoms with Crippen molar-refractivity contribution in [2.24, 2.45) is 5.73 Å².